The summed E-state index contributed by atoms with van der Waals surface area (Å²) in [5.74, 6) is 6.13. The van der Waals surface area contributed by atoms with E-state index < -0.39 is 5.97 Å². The maximum atomic E-state index is 11.6. The predicted molar refractivity (Wildman–Crippen MR) is 132 cm³/mol. The van der Waals surface area contributed by atoms with Gasteiger partial charge in [-0.2, -0.15) is 0 Å². The second-order valence-corrected chi connectivity index (χ2v) is 9.28. The minimum Gasteiger partial charge on any atom is -0.478 e. The highest BCUT2D eigenvalue weighted by Gasteiger charge is 2.27. The lowest BCUT2D eigenvalue weighted by atomic mass is 9.81. The molecule has 0 radical (unpaired) electrons. The Hall–Kier alpha value is -3.63. The van der Waals surface area contributed by atoms with Crippen LogP contribution in [0.4, 0.5) is 0 Å². The number of benzene rings is 1. The highest BCUT2D eigenvalue weighted by atomic mass is 32.2. The normalized spacial score (nSPS) is 13.3. The summed E-state index contributed by atoms with van der Waals surface area (Å²) in [6, 6.07) is 13.0. The molecule has 7 heteroatoms. The summed E-state index contributed by atoms with van der Waals surface area (Å²) in [4.78, 5) is 31.0. The van der Waals surface area contributed by atoms with Crippen LogP contribution in [0.15, 0.2) is 66.0 Å². The molecule has 4 rings (SSSR count). The number of fused-ring (bicyclic) bond motifs is 1. The lowest BCUT2D eigenvalue weighted by Crippen LogP contribution is -2.22. The van der Waals surface area contributed by atoms with Gasteiger partial charge in [0.25, 0.3) is 0 Å². The average molecular weight is 475 g/mol. The molecule has 3 heterocycles. The Kier molecular flexibility index (Phi) is 8.44. The van der Waals surface area contributed by atoms with Crippen molar-refractivity contribution in [2.75, 3.05) is 12.4 Å². The zero-order valence-electron chi connectivity index (χ0n) is 19.4. The minimum absolute atomic E-state index is 0.192. The molecule has 0 aliphatic carbocycles. The molecule has 34 heavy (non-hydrogen) atoms. The van der Waals surface area contributed by atoms with E-state index in [2.05, 4.69) is 53.9 Å². The summed E-state index contributed by atoms with van der Waals surface area (Å²) in [5, 5.41) is 8.34. The number of esters is 1. The largest absolute Gasteiger partial charge is 0.478 e. The topological polar surface area (TPSA) is 89.4 Å². The molecule has 0 atom stereocenters. The number of carbonyl (C=O) groups excluding carboxylic acids is 1. The van der Waals surface area contributed by atoms with Crippen LogP contribution in [-0.4, -0.2) is 39.4 Å². The molecular weight excluding hydrogens is 448 g/mol. The zero-order chi connectivity index (χ0) is 24.6. The molecule has 0 amide bonds. The molecule has 1 N–H and O–H groups in total. The van der Waals surface area contributed by atoms with Gasteiger partial charge in [0.2, 0.25) is 0 Å². The molecule has 3 aromatic rings. The molecule has 1 aliphatic rings. The number of carboxylic acid groups (broad SMARTS) is 1. The molecule has 2 aromatic heterocycles. The van der Waals surface area contributed by atoms with E-state index in [1.807, 2.05) is 11.8 Å². The number of carboxylic acids is 1. The highest BCUT2D eigenvalue weighted by molar-refractivity contribution is 7.99. The summed E-state index contributed by atoms with van der Waals surface area (Å²) < 4.78 is 4.95. The van der Waals surface area contributed by atoms with Gasteiger partial charge in [-0.3, -0.25) is 4.98 Å². The fourth-order valence-electron chi connectivity index (χ4n) is 3.24. The van der Waals surface area contributed by atoms with E-state index in [1.165, 1.54) is 47.3 Å². The Morgan fingerprint density at radius 1 is 1.12 bits per heavy atom. The minimum atomic E-state index is -0.942. The third kappa shape index (κ3) is 6.69. The number of pyridine rings is 2. The number of carbonyl (C=O) groups is 2. The highest BCUT2D eigenvalue weighted by Crippen LogP contribution is 2.41. The van der Waals surface area contributed by atoms with Crippen LogP contribution >= 0.6 is 11.8 Å². The smallest absolute Gasteiger partial charge is 0.339 e. The Labute approximate surface area is 203 Å². The number of rotatable bonds is 3. The van der Waals surface area contributed by atoms with E-state index in [1.54, 1.807) is 25.1 Å². The summed E-state index contributed by atoms with van der Waals surface area (Å²) in [5.41, 5.74) is 3.86. The first-order chi connectivity index (χ1) is 16.3. The van der Waals surface area contributed by atoms with Crippen molar-refractivity contribution in [3.05, 3.63) is 89.0 Å². The number of ether oxygens (including phenoxy) is 1. The molecule has 174 valence electrons. The van der Waals surface area contributed by atoms with Gasteiger partial charge in [-0.1, -0.05) is 19.8 Å². The van der Waals surface area contributed by atoms with Crippen molar-refractivity contribution in [3.8, 4) is 11.8 Å². The van der Waals surface area contributed by atoms with Crippen LogP contribution < -0.4 is 0 Å². The van der Waals surface area contributed by atoms with Gasteiger partial charge in [-0.15, -0.1) is 11.8 Å². The van der Waals surface area contributed by atoms with E-state index in [4.69, 9.17) is 9.84 Å². The number of aromatic carboxylic acids is 1. The summed E-state index contributed by atoms with van der Waals surface area (Å²) in [6.45, 7) is 6.72. The van der Waals surface area contributed by atoms with Gasteiger partial charge < -0.3 is 9.84 Å². The van der Waals surface area contributed by atoms with Crippen LogP contribution in [0.2, 0.25) is 0 Å². The maximum absolute atomic E-state index is 11.6. The lowest BCUT2D eigenvalue weighted by molar-refractivity contribution is 0.0525. The number of aromatic nitrogens is 2. The summed E-state index contributed by atoms with van der Waals surface area (Å²) in [7, 11) is 0. The summed E-state index contributed by atoms with van der Waals surface area (Å²) >= 11 is 1.92. The Morgan fingerprint density at radius 2 is 1.94 bits per heavy atom. The van der Waals surface area contributed by atoms with E-state index in [-0.39, 0.29) is 16.9 Å². The molecule has 0 saturated carbocycles. The van der Waals surface area contributed by atoms with E-state index in [0.29, 0.717) is 17.9 Å². The molecule has 0 fully saturated rings. The van der Waals surface area contributed by atoms with Gasteiger partial charge in [-0.05, 0) is 78.5 Å². The van der Waals surface area contributed by atoms with Crippen molar-refractivity contribution < 1.29 is 19.4 Å². The fraction of sp³-hybridized carbons (Fsp3) is 0.259. The molecule has 0 spiro atoms. The van der Waals surface area contributed by atoms with Gasteiger partial charge in [0.05, 0.1) is 17.7 Å². The second kappa shape index (κ2) is 11.5. The van der Waals surface area contributed by atoms with Crippen LogP contribution in [0.3, 0.4) is 0 Å². The van der Waals surface area contributed by atoms with E-state index in [9.17, 15) is 9.59 Å². The van der Waals surface area contributed by atoms with Crippen LogP contribution in [0.25, 0.3) is 0 Å². The molecule has 0 saturated heterocycles. The van der Waals surface area contributed by atoms with Crippen LogP contribution in [0, 0.1) is 11.8 Å². The predicted octanol–water partition coefficient (Wildman–Crippen LogP) is 5.21. The van der Waals surface area contributed by atoms with Gasteiger partial charge in [0.15, 0.2) is 0 Å². The average Bonchev–Trinajstić information content (AvgIpc) is 2.84. The number of nitrogens with zero attached hydrogens (tertiary/aromatic N) is 2. The molecule has 0 unspecified atom stereocenters. The van der Waals surface area contributed by atoms with Crippen molar-refractivity contribution >= 4 is 23.7 Å². The van der Waals surface area contributed by atoms with E-state index in [0.717, 1.165) is 5.56 Å². The van der Waals surface area contributed by atoms with Crippen molar-refractivity contribution in [2.24, 2.45) is 0 Å². The first-order valence-corrected chi connectivity index (χ1v) is 11.8. The third-order valence-corrected chi connectivity index (χ3v) is 6.29. The SMILES string of the molecule is CCOC(=O)c1ccc(C#Cc2ccc3c(c2)C(C)(C)CCS3)nc1.O=C(O)c1cccnc1. The van der Waals surface area contributed by atoms with Gasteiger partial charge in [0.1, 0.15) is 5.69 Å². The molecule has 1 aliphatic heterocycles. The first kappa shape index (κ1) is 25.0. The molecule has 6 nitrogen and oxygen atoms in total. The van der Waals surface area contributed by atoms with Crippen LogP contribution in [0.5, 0.6) is 0 Å². The van der Waals surface area contributed by atoms with E-state index >= 15 is 0 Å². The zero-order valence-corrected chi connectivity index (χ0v) is 20.2. The number of hydrogen-bond donors (Lipinski definition) is 1. The maximum Gasteiger partial charge on any atom is 0.339 e. The van der Waals surface area contributed by atoms with Crippen LogP contribution in [-0.2, 0) is 10.2 Å². The van der Waals surface area contributed by atoms with Gasteiger partial charge in [-0.25, -0.2) is 14.6 Å². The van der Waals surface area contributed by atoms with Crippen molar-refractivity contribution in [1.29, 1.82) is 0 Å². The van der Waals surface area contributed by atoms with Crippen molar-refractivity contribution in [1.82, 2.24) is 9.97 Å². The Balaban J connectivity index is 0.000000302. The quantitative estimate of drug-likeness (QED) is 0.412. The third-order valence-electron chi connectivity index (χ3n) is 5.21. The van der Waals surface area contributed by atoms with Crippen molar-refractivity contribution in [3.63, 3.8) is 0 Å². The molecule has 1 aromatic carbocycles. The lowest BCUT2D eigenvalue weighted by Gasteiger charge is -2.32. The summed E-state index contributed by atoms with van der Waals surface area (Å²) in [6.07, 6.45) is 5.53. The van der Waals surface area contributed by atoms with Gasteiger partial charge in [0, 0.05) is 29.0 Å². The Morgan fingerprint density at radius 3 is 2.56 bits per heavy atom. The Bertz CT molecular complexity index is 1210. The number of thioether (sulfide) groups is 1. The monoisotopic (exact) mass is 474 g/mol. The standard InChI is InChI=1S/C21H21NO2S.C6H5NO2/c1-4-24-20(23)16-7-9-17(22-14-16)8-5-15-6-10-19-18(13-15)21(2,3)11-12-25-19;8-6(9)5-2-1-3-7-4-5/h6-7,9-10,13-14H,4,11-12H2,1-3H3;1-4H,(H,8,9). The van der Waals surface area contributed by atoms with Crippen molar-refractivity contribution in [2.45, 2.75) is 37.5 Å². The fourth-order valence-corrected chi connectivity index (χ4v) is 4.73. The number of hydrogen-bond acceptors (Lipinski definition) is 6. The molecule has 0 bridgehead atoms. The van der Waals surface area contributed by atoms with Crippen LogP contribution in [0.1, 0.15) is 64.7 Å². The van der Waals surface area contributed by atoms with Gasteiger partial charge >= 0.3 is 11.9 Å². The second-order valence-electron chi connectivity index (χ2n) is 8.14. The molecular formula is C27H26N2O4S. The first-order valence-electron chi connectivity index (χ1n) is 10.9.